The average Bonchev–Trinajstić information content (AvgIpc) is 3.14. The van der Waals surface area contributed by atoms with Crippen molar-refractivity contribution in [2.24, 2.45) is 0 Å². The first kappa shape index (κ1) is 16.7. The molecule has 0 bridgehead atoms. The molecule has 0 fully saturated rings. The van der Waals surface area contributed by atoms with E-state index in [9.17, 15) is 4.79 Å². The fourth-order valence-corrected chi connectivity index (χ4v) is 2.55. The van der Waals surface area contributed by atoms with E-state index in [4.69, 9.17) is 0 Å². The minimum Gasteiger partial charge on any atom is -0.346 e. The Labute approximate surface area is 147 Å². The van der Waals surface area contributed by atoms with E-state index in [-0.39, 0.29) is 5.91 Å². The summed E-state index contributed by atoms with van der Waals surface area (Å²) in [4.78, 5) is 12.8. The van der Waals surface area contributed by atoms with Crippen molar-refractivity contribution in [1.29, 1.82) is 0 Å². The van der Waals surface area contributed by atoms with Gasteiger partial charge in [0, 0.05) is 18.3 Å². The lowest BCUT2D eigenvalue weighted by atomic mass is 10.0. The molecule has 25 heavy (non-hydrogen) atoms. The second kappa shape index (κ2) is 8.11. The average molecular weight is 331 g/mol. The van der Waals surface area contributed by atoms with Crippen molar-refractivity contribution < 1.29 is 4.79 Å². The van der Waals surface area contributed by atoms with Gasteiger partial charge in [0.25, 0.3) is 5.91 Å². The highest BCUT2D eigenvalue weighted by Crippen LogP contribution is 2.18. The molecule has 3 rings (SSSR count). The first-order valence-electron chi connectivity index (χ1n) is 8.39. The third kappa shape index (κ3) is 4.44. The molecule has 0 unspecified atom stereocenters. The van der Waals surface area contributed by atoms with Crippen LogP contribution in [0, 0.1) is 0 Å². The largest absolute Gasteiger partial charge is 0.346 e. The highest BCUT2D eigenvalue weighted by molar-refractivity contribution is 6.24. The van der Waals surface area contributed by atoms with Crippen molar-refractivity contribution in [1.82, 2.24) is 15.1 Å². The summed E-state index contributed by atoms with van der Waals surface area (Å²) in [6.07, 6.45) is 3.83. The lowest BCUT2D eigenvalue weighted by Gasteiger charge is -2.09. The molecule has 4 nitrogen and oxygen atoms in total. The zero-order chi connectivity index (χ0) is 17.5. The molecule has 0 aliphatic heterocycles. The van der Waals surface area contributed by atoms with Gasteiger partial charge in [-0.05, 0) is 30.2 Å². The van der Waals surface area contributed by atoms with Gasteiger partial charge in [-0.25, -0.2) is 0 Å². The number of hydrogen-bond donors (Lipinski definition) is 1. The Morgan fingerprint density at radius 3 is 2.36 bits per heavy atom. The number of benzene rings is 2. The number of aromatic nitrogens is 2. The van der Waals surface area contributed by atoms with Crippen LogP contribution in [0.1, 0.15) is 23.7 Å². The fourth-order valence-electron chi connectivity index (χ4n) is 2.55. The summed E-state index contributed by atoms with van der Waals surface area (Å²) in [6.45, 7) is 3.26. The number of carbonyl (C=O) groups excluding carboxylic acids is 1. The molecule has 1 amide bonds. The number of amides is 1. The van der Waals surface area contributed by atoms with E-state index in [1.807, 2.05) is 90.6 Å². The standard InChI is InChI=1S/C21H21N3O/c1-2-24-14-13-19(23-24)16-22-21(25)20(18-11-7-4-8-12-18)15-17-9-5-3-6-10-17/h3-15H,2,16H2,1H3,(H,22,25)/b20-15-. The van der Waals surface area contributed by atoms with Gasteiger partial charge in [0.05, 0.1) is 12.2 Å². The van der Waals surface area contributed by atoms with E-state index in [2.05, 4.69) is 10.4 Å². The molecule has 0 aliphatic carbocycles. The van der Waals surface area contributed by atoms with Crippen LogP contribution in [0.2, 0.25) is 0 Å². The Hall–Kier alpha value is -3.14. The SMILES string of the molecule is CCn1ccc(CNC(=O)/C(=C\c2ccccc2)c2ccccc2)n1. The van der Waals surface area contributed by atoms with Gasteiger partial charge in [0.1, 0.15) is 0 Å². The smallest absolute Gasteiger partial charge is 0.252 e. The Bertz CT molecular complexity index is 851. The molecule has 2 aromatic carbocycles. The van der Waals surface area contributed by atoms with Crippen LogP contribution in [0.4, 0.5) is 0 Å². The van der Waals surface area contributed by atoms with Gasteiger partial charge in [-0.2, -0.15) is 5.10 Å². The van der Waals surface area contributed by atoms with E-state index in [0.717, 1.165) is 23.4 Å². The van der Waals surface area contributed by atoms with Gasteiger partial charge < -0.3 is 5.32 Å². The van der Waals surface area contributed by atoms with Crippen molar-refractivity contribution in [2.45, 2.75) is 20.0 Å². The van der Waals surface area contributed by atoms with E-state index < -0.39 is 0 Å². The fraction of sp³-hybridized carbons (Fsp3) is 0.143. The van der Waals surface area contributed by atoms with E-state index in [1.54, 1.807) is 0 Å². The van der Waals surface area contributed by atoms with Crippen molar-refractivity contribution in [3.05, 3.63) is 89.7 Å². The molecule has 1 heterocycles. The lowest BCUT2D eigenvalue weighted by Crippen LogP contribution is -2.24. The first-order chi connectivity index (χ1) is 12.3. The van der Waals surface area contributed by atoms with Crippen LogP contribution < -0.4 is 5.32 Å². The third-order valence-electron chi connectivity index (χ3n) is 3.89. The maximum Gasteiger partial charge on any atom is 0.252 e. The van der Waals surface area contributed by atoms with Crippen molar-refractivity contribution in [3.63, 3.8) is 0 Å². The number of hydrogen-bond acceptors (Lipinski definition) is 2. The van der Waals surface area contributed by atoms with Crippen LogP contribution in [0.5, 0.6) is 0 Å². The maximum atomic E-state index is 12.8. The molecular weight excluding hydrogens is 310 g/mol. The highest BCUT2D eigenvalue weighted by atomic mass is 16.1. The van der Waals surface area contributed by atoms with Gasteiger partial charge in [-0.3, -0.25) is 9.48 Å². The van der Waals surface area contributed by atoms with E-state index >= 15 is 0 Å². The summed E-state index contributed by atoms with van der Waals surface area (Å²) in [6, 6.07) is 21.5. The van der Waals surface area contributed by atoms with E-state index in [1.165, 1.54) is 0 Å². The number of nitrogens with zero attached hydrogens (tertiary/aromatic N) is 2. The molecule has 3 aromatic rings. The Balaban J connectivity index is 1.81. The minimum absolute atomic E-state index is 0.110. The number of aryl methyl sites for hydroxylation is 1. The van der Waals surface area contributed by atoms with Crippen LogP contribution in [0.25, 0.3) is 11.6 Å². The Kier molecular flexibility index (Phi) is 5.42. The van der Waals surface area contributed by atoms with E-state index in [0.29, 0.717) is 12.1 Å². The molecule has 0 saturated carbocycles. The zero-order valence-corrected chi connectivity index (χ0v) is 14.2. The summed E-state index contributed by atoms with van der Waals surface area (Å²) in [7, 11) is 0. The molecule has 1 N–H and O–H groups in total. The van der Waals surface area contributed by atoms with Crippen molar-refractivity contribution in [3.8, 4) is 0 Å². The maximum absolute atomic E-state index is 12.8. The first-order valence-corrected chi connectivity index (χ1v) is 8.39. The Morgan fingerprint density at radius 1 is 1.04 bits per heavy atom. The monoisotopic (exact) mass is 331 g/mol. The van der Waals surface area contributed by atoms with Gasteiger partial charge >= 0.3 is 0 Å². The van der Waals surface area contributed by atoms with Crippen LogP contribution in [-0.4, -0.2) is 15.7 Å². The van der Waals surface area contributed by atoms with Crippen LogP contribution in [-0.2, 0) is 17.9 Å². The van der Waals surface area contributed by atoms with Crippen molar-refractivity contribution in [2.75, 3.05) is 0 Å². The molecular formula is C21H21N3O. The topological polar surface area (TPSA) is 46.9 Å². The number of carbonyl (C=O) groups is 1. The van der Waals surface area contributed by atoms with Gasteiger partial charge in [0.2, 0.25) is 0 Å². The second-order valence-corrected chi connectivity index (χ2v) is 5.68. The summed E-state index contributed by atoms with van der Waals surface area (Å²) >= 11 is 0. The van der Waals surface area contributed by atoms with Crippen LogP contribution in [0.3, 0.4) is 0 Å². The molecule has 4 heteroatoms. The number of rotatable bonds is 6. The third-order valence-corrected chi connectivity index (χ3v) is 3.89. The van der Waals surface area contributed by atoms with Gasteiger partial charge in [-0.1, -0.05) is 60.7 Å². The van der Waals surface area contributed by atoms with Gasteiger partial charge in [-0.15, -0.1) is 0 Å². The minimum atomic E-state index is -0.110. The molecule has 0 radical (unpaired) electrons. The predicted octanol–water partition coefficient (Wildman–Crippen LogP) is 3.76. The summed E-state index contributed by atoms with van der Waals surface area (Å²) < 4.78 is 1.85. The van der Waals surface area contributed by atoms with Gasteiger partial charge in [0.15, 0.2) is 0 Å². The second-order valence-electron chi connectivity index (χ2n) is 5.68. The summed E-state index contributed by atoms with van der Waals surface area (Å²) in [5.74, 6) is -0.110. The highest BCUT2D eigenvalue weighted by Gasteiger charge is 2.12. The normalized spacial score (nSPS) is 11.3. The summed E-state index contributed by atoms with van der Waals surface area (Å²) in [5.41, 5.74) is 3.37. The molecule has 0 saturated heterocycles. The molecule has 0 aliphatic rings. The Morgan fingerprint density at radius 2 is 1.72 bits per heavy atom. The van der Waals surface area contributed by atoms with Crippen LogP contribution >= 0.6 is 0 Å². The molecule has 126 valence electrons. The molecule has 0 spiro atoms. The quantitative estimate of drug-likeness (QED) is 0.552. The summed E-state index contributed by atoms with van der Waals surface area (Å²) in [5, 5.41) is 7.37. The zero-order valence-electron chi connectivity index (χ0n) is 14.2. The van der Waals surface area contributed by atoms with Crippen LogP contribution in [0.15, 0.2) is 72.9 Å². The lowest BCUT2D eigenvalue weighted by molar-refractivity contribution is -0.115. The number of nitrogens with one attached hydrogen (secondary N) is 1. The molecule has 1 aromatic heterocycles. The predicted molar refractivity (Wildman–Crippen MR) is 101 cm³/mol. The van der Waals surface area contributed by atoms with Crippen molar-refractivity contribution >= 4 is 17.6 Å². The molecule has 0 atom stereocenters.